The number of imidazole rings is 1. The highest BCUT2D eigenvalue weighted by Gasteiger charge is 2.30. The number of rotatable bonds is 3. The van der Waals surface area contributed by atoms with Gasteiger partial charge in [-0.1, -0.05) is 23.7 Å². The van der Waals surface area contributed by atoms with E-state index in [1.54, 1.807) is 13.4 Å². The first-order valence-electron chi connectivity index (χ1n) is 7.92. The molecule has 0 spiro atoms. The Balaban J connectivity index is 1.76. The van der Waals surface area contributed by atoms with Crippen molar-refractivity contribution < 1.29 is 9.53 Å². The van der Waals surface area contributed by atoms with E-state index in [4.69, 9.17) is 16.3 Å². The lowest BCUT2D eigenvalue weighted by Gasteiger charge is -2.23. The number of amides is 1. The lowest BCUT2D eigenvalue weighted by molar-refractivity contribution is -0.116. The molecule has 0 aliphatic carbocycles. The van der Waals surface area contributed by atoms with E-state index >= 15 is 0 Å². The molecule has 2 aromatic carbocycles. The Labute approximate surface area is 150 Å². The van der Waals surface area contributed by atoms with Crippen LogP contribution >= 0.6 is 11.6 Å². The molecule has 126 valence electrons. The lowest BCUT2D eigenvalue weighted by Crippen LogP contribution is -2.24. The van der Waals surface area contributed by atoms with E-state index in [2.05, 4.69) is 10.3 Å². The number of methoxy groups -OCH3 is 1. The highest BCUT2D eigenvalue weighted by Crippen LogP contribution is 2.37. The Morgan fingerprint density at radius 2 is 1.88 bits per heavy atom. The molecule has 1 atom stereocenters. The quantitative estimate of drug-likeness (QED) is 0.774. The first-order chi connectivity index (χ1) is 12.2. The van der Waals surface area contributed by atoms with Gasteiger partial charge in [-0.25, -0.2) is 4.98 Å². The third kappa shape index (κ3) is 2.87. The normalized spacial score (nSPS) is 16.2. The van der Waals surface area contributed by atoms with Crippen molar-refractivity contribution in [1.29, 1.82) is 0 Å². The third-order valence-electron chi connectivity index (χ3n) is 4.40. The predicted molar refractivity (Wildman–Crippen MR) is 96.7 cm³/mol. The maximum absolute atomic E-state index is 12.3. The summed E-state index contributed by atoms with van der Waals surface area (Å²) >= 11 is 5.98. The van der Waals surface area contributed by atoms with Crippen molar-refractivity contribution in [2.45, 2.75) is 12.3 Å². The topological polar surface area (TPSA) is 56.1 Å². The van der Waals surface area contributed by atoms with Gasteiger partial charge in [-0.3, -0.25) is 9.36 Å². The molecule has 5 nitrogen and oxygen atoms in total. The van der Waals surface area contributed by atoms with Crippen LogP contribution in [0.1, 0.15) is 23.6 Å². The second-order valence-electron chi connectivity index (χ2n) is 5.90. The van der Waals surface area contributed by atoms with Crippen LogP contribution in [0.25, 0.3) is 5.69 Å². The van der Waals surface area contributed by atoms with Gasteiger partial charge in [0, 0.05) is 23.0 Å². The van der Waals surface area contributed by atoms with Gasteiger partial charge in [0.25, 0.3) is 0 Å². The van der Waals surface area contributed by atoms with Crippen LogP contribution in [0.15, 0.2) is 54.9 Å². The summed E-state index contributed by atoms with van der Waals surface area (Å²) in [5.74, 6) is 1.38. The molecule has 1 N–H and O–H groups in total. The number of hydrogen-bond acceptors (Lipinski definition) is 3. The van der Waals surface area contributed by atoms with Gasteiger partial charge in [-0.2, -0.15) is 0 Å². The van der Waals surface area contributed by atoms with Gasteiger partial charge in [0.15, 0.2) is 0 Å². The fraction of sp³-hybridized carbons (Fsp3) is 0.158. The molecule has 1 aliphatic heterocycles. The summed E-state index contributed by atoms with van der Waals surface area (Å²) in [5, 5.41) is 3.62. The lowest BCUT2D eigenvalue weighted by atomic mass is 9.90. The fourth-order valence-electron chi connectivity index (χ4n) is 3.12. The van der Waals surface area contributed by atoms with Crippen LogP contribution in [0.3, 0.4) is 0 Å². The highest BCUT2D eigenvalue weighted by molar-refractivity contribution is 6.30. The van der Waals surface area contributed by atoms with E-state index in [9.17, 15) is 4.79 Å². The van der Waals surface area contributed by atoms with Crippen LogP contribution in [-0.4, -0.2) is 22.6 Å². The molecule has 3 aromatic rings. The molecule has 0 saturated carbocycles. The predicted octanol–water partition coefficient (Wildman–Crippen LogP) is 4.01. The van der Waals surface area contributed by atoms with Crippen molar-refractivity contribution in [1.82, 2.24) is 9.55 Å². The molecular formula is C19H16ClN3O2. The zero-order valence-electron chi connectivity index (χ0n) is 13.6. The summed E-state index contributed by atoms with van der Waals surface area (Å²) in [4.78, 5) is 16.8. The molecule has 4 rings (SSSR count). The Hall–Kier alpha value is -2.79. The number of carbonyl (C=O) groups is 1. The van der Waals surface area contributed by atoms with E-state index in [1.165, 1.54) is 0 Å². The molecule has 25 heavy (non-hydrogen) atoms. The molecule has 1 aromatic heterocycles. The number of nitrogens with one attached hydrogen (secondary N) is 1. The van der Waals surface area contributed by atoms with Crippen molar-refractivity contribution in [3.63, 3.8) is 0 Å². The van der Waals surface area contributed by atoms with Crippen molar-refractivity contribution in [3.8, 4) is 11.4 Å². The van der Waals surface area contributed by atoms with Crippen molar-refractivity contribution in [2.24, 2.45) is 0 Å². The smallest absolute Gasteiger partial charge is 0.226 e. The average Bonchev–Trinajstić information content (AvgIpc) is 3.05. The number of halogens is 1. The molecule has 0 saturated heterocycles. The Kier molecular flexibility index (Phi) is 3.93. The fourth-order valence-corrected chi connectivity index (χ4v) is 3.24. The Morgan fingerprint density at radius 3 is 2.56 bits per heavy atom. The van der Waals surface area contributed by atoms with Gasteiger partial charge in [0.2, 0.25) is 5.91 Å². The Bertz CT molecular complexity index is 917. The SMILES string of the molecule is COc1ccc(-n2cnc3c2NC(=O)C[C@H]3c2ccc(Cl)cc2)cc1. The number of nitrogens with zero attached hydrogens (tertiary/aromatic N) is 2. The van der Waals surface area contributed by atoms with Gasteiger partial charge >= 0.3 is 0 Å². The first kappa shape index (κ1) is 15.7. The van der Waals surface area contributed by atoms with Crippen LogP contribution in [0, 0.1) is 0 Å². The molecule has 2 heterocycles. The minimum Gasteiger partial charge on any atom is -0.497 e. The molecule has 1 amide bonds. The molecule has 0 fully saturated rings. The van der Waals surface area contributed by atoms with Crippen LogP contribution in [0.4, 0.5) is 5.82 Å². The molecular weight excluding hydrogens is 338 g/mol. The van der Waals surface area contributed by atoms with Crippen molar-refractivity contribution in [2.75, 3.05) is 12.4 Å². The molecule has 0 unspecified atom stereocenters. The number of fused-ring (bicyclic) bond motifs is 1. The summed E-state index contributed by atoms with van der Waals surface area (Å²) < 4.78 is 7.08. The monoisotopic (exact) mass is 353 g/mol. The van der Waals surface area contributed by atoms with Crippen molar-refractivity contribution in [3.05, 3.63) is 71.1 Å². The number of anilines is 1. The van der Waals surface area contributed by atoms with E-state index in [-0.39, 0.29) is 11.8 Å². The van der Waals surface area contributed by atoms with E-state index < -0.39 is 0 Å². The molecule has 6 heteroatoms. The summed E-state index contributed by atoms with van der Waals surface area (Å²) in [5.41, 5.74) is 2.80. The van der Waals surface area contributed by atoms with Crippen LogP contribution in [-0.2, 0) is 4.79 Å². The average molecular weight is 354 g/mol. The minimum absolute atomic E-state index is 0.0253. The second-order valence-corrected chi connectivity index (χ2v) is 6.34. The summed E-state index contributed by atoms with van der Waals surface area (Å²) in [6, 6.07) is 15.2. The first-order valence-corrected chi connectivity index (χ1v) is 8.30. The van der Waals surface area contributed by atoms with E-state index in [0.29, 0.717) is 17.3 Å². The maximum Gasteiger partial charge on any atom is 0.226 e. The zero-order valence-corrected chi connectivity index (χ0v) is 14.3. The largest absolute Gasteiger partial charge is 0.497 e. The number of aromatic nitrogens is 2. The minimum atomic E-state index is -0.0829. The highest BCUT2D eigenvalue weighted by atomic mass is 35.5. The summed E-state index contributed by atoms with van der Waals surface area (Å²) in [6.45, 7) is 0. The van der Waals surface area contributed by atoms with Crippen LogP contribution < -0.4 is 10.1 Å². The number of hydrogen-bond donors (Lipinski definition) is 1. The second kappa shape index (κ2) is 6.26. The third-order valence-corrected chi connectivity index (χ3v) is 4.65. The van der Waals surface area contributed by atoms with Crippen molar-refractivity contribution >= 4 is 23.3 Å². The summed E-state index contributed by atoms with van der Waals surface area (Å²) in [6.07, 6.45) is 2.11. The molecule has 1 aliphatic rings. The van der Waals surface area contributed by atoms with Crippen LogP contribution in [0.5, 0.6) is 5.75 Å². The number of carbonyl (C=O) groups excluding carboxylic acids is 1. The van der Waals surface area contributed by atoms with Gasteiger partial charge < -0.3 is 10.1 Å². The number of ether oxygens (including phenoxy) is 1. The van der Waals surface area contributed by atoms with E-state index in [1.807, 2.05) is 53.1 Å². The standard InChI is InChI=1S/C19H16ClN3O2/c1-25-15-8-6-14(7-9-15)23-11-21-18-16(10-17(24)22-19(18)23)12-2-4-13(20)5-3-12/h2-9,11,16H,10H2,1H3,(H,22,24)/t16-/m0/s1. The van der Waals surface area contributed by atoms with Gasteiger partial charge in [0.05, 0.1) is 12.8 Å². The molecule has 0 radical (unpaired) electrons. The van der Waals surface area contributed by atoms with Gasteiger partial charge in [-0.05, 0) is 42.0 Å². The van der Waals surface area contributed by atoms with Gasteiger partial charge in [-0.15, -0.1) is 0 Å². The zero-order chi connectivity index (χ0) is 17.4. The van der Waals surface area contributed by atoms with Crippen LogP contribution in [0.2, 0.25) is 5.02 Å². The van der Waals surface area contributed by atoms with Gasteiger partial charge in [0.1, 0.15) is 17.9 Å². The van der Waals surface area contributed by atoms with E-state index in [0.717, 1.165) is 22.7 Å². The maximum atomic E-state index is 12.3. The molecule has 0 bridgehead atoms. The Morgan fingerprint density at radius 1 is 1.16 bits per heavy atom. The number of benzene rings is 2. The summed E-state index contributed by atoms with van der Waals surface area (Å²) in [7, 11) is 1.63.